The number of ether oxygens (including phenoxy) is 2. The number of nitrogens with one attached hydrogen (secondary N) is 1. The van der Waals surface area contributed by atoms with Gasteiger partial charge in [-0.2, -0.15) is 0 Å². The molecule has 1 aromatic carbocycles. The first-order valence-corrected chi connectivity index (χ1v) is 7.43. The van der Waals surface area contributed by atoms with E-state index in [-0.39, 0.29) is 11.9 Å². The summed E-state index contributed by atoms with van der Waals surface area (Å²) in [5.41, 5.74) is 8.57. The molecule has 0 spiro atoms. The SMILES string of the molecule is COCCNC(=O)C(C)Oc1ccc2c(c1)[C@@H](N)CCC2. The van der Waals surface area contributed by atoms with Crippen LogP contribution in [0.25, 0.3) is 0 Å². The molecule has 0 aromatic heterocycles. The Kier molecular flexibility index (Phi) is 5.59. The van der Waals surface area contributed by atoms with Crippen molar-refractivity contribution in [2.24, 2.45) is 5.73 Å². The van der Waals surface area contributed by atoms with Crippen molar-refractivity contribution in [3.8, 4) is 5.75 Å². The molecule has 5 nitrogen and oxygen atoms in total. The number of nitrogens with two attached hydrogens (primary N) is 1. The largest absolute Gasteiger partial charge is 0.481 e. The zero-order chi connectivity index (χ0) is 15.2. The van der Waals surface area contributed by atoms with Gasteiger partial charge in [0.1, 0.15) is 5.75 Å². The van der Waals surface area contributed by atoms with Gasteiger partial charge in [-0.1, -0.05) is 6.07 Å². The minimum absolute atomic E-state index is 0.0723. The van der Waals surface area contributed by atoms with E-state index < -0.39 is 6.10 Å². The number of fused-ring (bicyclic) bond motifs is 1. The molecule has 5 heteroatoms. The zero-order valence-electron chi connectivity index (χ0n) is 12.7. The van der Waals surface area contributed by atoms with Crippen molar-refractivity contribution in [2.75, 3.05) is 20.3 Å². The second-order valence-electron chi connectivity index (χ2n) is 5.40. The van der Waals surface area contributed by atoms with Crippen LogP contribution in [0.1, 0.15) is 36.9 Å². The first-order valence-electron chi connectivity index (χ1n) is 7.43. The van der Waals surface area contributed by atoms with Crippen LogP contribution in [-0.2, 0) is 16.0 Å². The molecular formula is C16H24N2O3. The Labute approximate surface area is 125 Å². The van der Waals surface area contributed by atoms with Crippen LogP contribution in [0.4, 0.5) is 0 Å². The first kappa shape index (κ1) is 15.8. The number of rotatable bonds is 6. The summed E-state index contributed by atoms with van der Waals surface area (Å²) < 4.78 is 10.6. The summed E-state index contributed by atoms with van der Waals surface area (Å²) in [6.45, 7) is 2.71. The predicted molar refractivity (Wildman–Crippen MR) is 81.3 cm³/mol. The summed E-state index contributed by atoms with van der Waals surface area (Å²) in [4.78, 5) is 11.9. The maximum absolute atomic E-state index is 11.9. The van der Waals surface area contributed by atoms with Gasteiger partial charge >= 0.3 is 0 Å². The van der Waals surface area contributed by atoms with Crippen LogP contribution in [-0.4, -0.2) is 32.3 Å². The molecule has 3 N–H and O–H groups in total. The summed E-state index contributed by atoms with van der Waals surface area (Å²) in [5.74, 6) is 0.551. The van der Waals surface area contributed by atoms with Crippen LogP contribution in [0, 0.1) is 0 Å². The van der Waals surface area contributed by atoms with E-state index in [2.05, 4.69) is 11.4 Å². The quantitative estimate of drug-likeness (QED) is 0.780. The highest BCUT2D eigenvalue weighted by Crippen LogP contribution is 2.31. The van der Waals surface area contributed by atoms with E-state index in [0.717, 1.165) is 24.8 Å². The Hall–Kier alpha value is -1.59. The molecule has 0 bridgehead atoms. The summed E-state index contributed by atoms with van der Waals surface area (Å²) in [6, 6.07) is 6.01. The number of hydrogen-bond acceptors (Lipinski definition) is 4. The number of methoxy groups -OCH3 is 1. The molecule has 1 aromatic rings. The van der Waals surface area contributed by atoms with Crippen molar-refractivity contribution in [1.82, 2.24) is 5.32 Å². The van der Waals surface area contributed by atoms with Gasteiger partial charge in [0.05, 0.1) is 6.61 Å². The zero-order valence-corrected chi connectivity index (χ0v) is 12.7. The standard InChI is InChI=1S/C16H24N2O3/c1-11(16(19)18-8-9-20-2)21-13-7-6-12-4-3-5-15(17)14(12)10-13/h6-7,10-11,15H,3-5,8-9,17H2,1-2H3,(H,18,19)/t11?,15-/m0/s1. The van der Waals surface area contributed by atoms with Gasteiger partial charge < -0.3 is 20.5 Å². The second kappa shape index (κ2) is 7.43. The lowest BCUT2D eigenvalue weighted by Gasteiger charge is -2.23. The highest BCUT2D eigenvalue weighted by Gasteiger charge is 2.19. The number of carbonyl (C=O) groups excluding carboxylic acids is 1. The summed E-state index contributed by atoms with van der Waals surface area (Å²) in [7, 11) is 1.60. The third-order valence-electron chi connectivity index (χ3n) is 3.77. The molecule has 0 aliphatic heterocycles. The average molecular weight is 292 g/mol. The third-order valence-corrected chi connectivity index (χ3v) is 3.77. The van der Waals surface area contributed by atoms with Gasteiger partial charge in [-0.15, -0.1) is 0 Å². The molecule has 1 aliphatic rings. The van der Waals surface area contributed by atoms with Gasteiger partial charge in [0, 0.05) is 19.7 Å². The third kappa shape index (κ3) is 4.19. The molecule has 0 saturated heterocycles. The van der Waals surface area contributed by atoms with Crippen molar-refractivity contribution in [1.29, 1.82) is 0 Å². The van der Waals surface area contributed by atoms with Gasteiger partial charge in [-0.25, -0.2) is 0 Å². The van der Waals surface area contributed by atoms with E-state index in [1.54, 1.807) is 14.0 Å². The Morgan fingerprint density at radius 2 is 2.33 bits per heavy atom. The molecular weight excluding hydrogens is 268 g/mol. The fraction of sp³-hybridized carbons (Fsp3) is 0.562. The van der Waals surface area contributed by atoms with E-state index in [0.29, 0.717) is 18.9 Å². The molecule has 0 radical (unpaired) electrons. The smallest absolute Gasteiger partial charge is 0.260 e. The summed E-state index contributed by atoms with van der Waals surface area (Å²) in [5, 5.41) is 2.76. The maximum atomic E-state index is 11.9. The van der Waals surface area contributed by atoms with Crippen LogP contribution >= 0.6 is 0 Å². The molecule has 2 rings (SSSR count). The Balaban J connectivity index is 1.96. The number of carbonyl (C=O) groups is 1. The van der Waals surface area contributed by atoms with E-state index >= 15 is 0 Å². The molecule has 1 aliphatic carbocycles. The number of aryl methyl sites for hydroxylation is 1. The Morgan fingerprint density at radius 3 is 3.10 bits per heavy atom. The monoisotopic (exact) mass is 292 g/mol. The lowest BCUT2D eigenvalue weighted by molar-refractivity contribution is -0.127. The molecule has 1 amide bonds. The molecule has 0 saturated carbocycles. The van der Waals surface area contributed by atoms with Gasteiger partial charge in [0.15, 0.2) is 6.10 Å². The minimum Gasteiger partial charge on any atom is -0.481 e. The van der Waals surface area contributed by atoms with Gasteiger partial charge in [-0.05, 0) is 49.4 Å². The van der Waals surface area contributed by atoms with Crippen molar-refractivity contribution >= 4 is 5.91 Å². The maximum Gasteiger partial charge on any atom is 0.260 e. The van der Waals surface area contributed by atoms with Crippen molar-refractivity contribution in [3.63, 3.8) is 0 Å². The predicted octanol–water partition coefficient (Wildman–Crippen LogP) is 1.55. The Bertz CT molecular complexity index is 490. The second-order valence-corrected chi connectivity index (χ2v) is 5.40. The summed E-state index contributed by atoms with van der Waals surface area (Å²) >= 11 is 0. The lowest BCUT2D eigenvalue weighted by Crippen LogP contribution is -2.38. The summed E-state index contributed by atoms with van der Waals surface area (Å²) in [6.07, 6.45) is 2.66. The van der Waals surface area contributed by atoms with E-state index in [1.807, 2.05) is 12.1 Å². The minimum atomic E-state index is -0.542. The van der Waals surface area contributed by atoms with Crippen molar-refractivity contribution in [2.45, 2.75) is 38.3 Å². The molecule has 1 unspecified atom stereocenters. The highest BCUT2D eigenvalue weighted by atomic mass is 16.5. The van der Waals surface area contributed by atoms with E-state index in [9.17, 15) is 4.79 Å². The van der Waals surface area contributed by atoms with Gasteiger partial charge in [0.2, 0.25) is 0 Å². The Morgan fingerprint density at radius 1 is 1.52 bits per heavy atom. The average Bonchev–Trinajstić information content (AvgIpc) is 2.48. The normalized spacial score (nSPS) is 18.7. The molecule has 116 valence electrons. The van der Waals surface area contributed by atoms with Crippen LogP contribution < -0.4 is 15.8 Å². The van der Waals surface area contributed by atoms with Crippen LogP contribution in [0.5, 0.6) is 5.75 Å². The number of amides is 1. The highest BCUT2D eigenvalue weighted by molar-refractivity contribution is 5.80. The molecule has 21 heavy (non-hydrogen) atoms. The van der Waals surface area contributed by atoms with Crippen LogP contribution in [0.15, 0.2) is 18.2 Å². The van der Waals surface area contributed by atoms with Gasteiger partial charge in [-0.3, -0.25) is 4.79 Å². The van der Waals surface area contributed by atoms with Crippen LogP contribution in [0.2, 0.25) is 0 Å². The number of hydrogen-bond donors (Lipinski definition) is 2. The molecule has 2 atom stereocenters. The first-order chi connectivity index (χ1) is 10.1. The molecule has 0 fully saturated rings. The fourth-order valence-electron chi connectivity index (χ4n) is 2.56. The number of benzene rings is 1. The van der Waals surface area contributed by atoms with Crippen molar-refractivity contribution < 1.29 is 14.3 Å². The fourth-order valence-corrected chi connectivity index (χ4v) is 2.56. The van der Waals surface area contributed by atoms with E-state index in [4.69, 9.17) is 15.2 Å². The van der Waals surface area contributed by atoms with Crippen molar-refractivity contribution in [3.05, 3.63) is 29.3 Å². The lowest BCUT2D eigenvalue weighted by atomic mass is 9.88. The molecule has 0 heterocycles. The van der Waals surface area contributed by atoms with Gasteiger partial charge in [0.25, 0.3) is 5.91 Å². The topological polar surface area (TPSA) is 73.6 Å². The van der Waals surface area contributed by atoms with E-state index in [1.165, 1.54) is 5.56 Å². The van der Waals surface area contributed by atoms with Crippen LogP contribution in [0.3, 0.4) is 0 Å².